The third-order valence-corrected chi connectivity index (χ3v) is 13.6. The van der Waals surface area contributed by atoms with E-state index in [1.165, 1.54) is 135 Å². The molecule has 2 aliphatic rings. The molecule has 0 aromatic heterocycles. The standard InChI is InChI=1S/C57H102O15/c1-3-5-7-9-11-13-15-17-19-20-21-22-23-24-26-28-30-32-34-36-38-40-49(60)70-45(42-67-48(59)39-37-35-33-31-29-27-25-18-16-14-12-10-8-6-4-2)43-68-56-55(66)53(64)51(62)47(72-56)44-69-57-54(65)52(63)50(61)46(41-58)71-57/h17-19,25,29,31,45-47,50-58,61-66H,3-16,20-24,26-28,30,32-44H2,1-2H3/b19-17+,25-18+,31-29+/t45-,46+,47+,50-,51-,52?,53?,54?,55?,56+,57+/m1/s1. The molecule has 420 valence electrons. The molecule has 0 aromatic rings. The van der Waals surface area contributed by atoms with Gasteiger partial charge >= 0.3 is 11.9 Å². The largest absolute Gasteiger partial charge is 0.462 e. The summed E-state index contributed by atoms with van der Waals surface area (Å²) in [4.78, 5) is 25.8. The molecule has 2 rings (SSSR count). The highest BCUT2D eigenvalue weighted by molar-refractivity contribution is 5.70. The number of ether oxygens (including phenoxy) is 6. The minimum Gasteiger partial charge on any atom is -0.462 e. The van der Waals surface area contributed by atoms with Crippen molar-refractivity contribution in [3.63, 3.8) is 0 Å². The second kappa shape index (κ2) is 43.9. The Morgan fingerprint density at radius 1 is 0.444 bits per heavy atom. The molecule has 15 nitrogen and oxygen atoms in total. The fraction of sp³-hybridized carbons (Fsp3) is 0.860. The Morgan fingerprint density at radius 3 is 1.33 bits per heavy atom. The molecule has 11 atom stereocenters. The average Bonchev–Trinajstić information content (AvgIpc) is 3.37. The molecule has 0 aromatic carbocycles. The van der Waals surface area contributed by atoms with Gasteiger partial charge in [0.1, 0.15) is 55.4 Å². The van der Waals surface area contributed by atoms with Crippen LogP contribution in [0.25, 0.3) is 0 Å². The summed E-state index contributed by atoms with van der Waals surface area (Å²) in [5.74, 6) is -0.958. The van der Waals surface area contributed by atoms with E-state index in [0.29, 0.717) is 12.8 Å². The predicted molar refractivity (Wildman–Crippen MR) is 280 cm³/mol. The van der Waals surface area contributed by atoms with Gasteiger partial charge in [0.05, 0.1) is 19.8 Å². The van der Waals surface area contributed by atoms with Crippen LogP contribution in [0.2, 0.25) is 0 Å². The summed E-state index contributed by atoms with van der Waals surface area (Å²) in [6.45, 7) is 2.57. The first-order chi connectivity index (χ1) is 35.0. The van der Waals surface area contributed by atoms with Crippen molar-refractivity contribution in [3.05, 3.63) is 36.5 Å². The lowest BCUT2D eigenvalue weighted by Crippen LogP contribution is -2.61. The van der Waals surface area contributed by atoms with Crippen LogP contribution in [0.3, 0.4) is 0 Å². The lowest BCUT2D eigenvalue weighted by Gasteiger charge is -2.42. The quantitative estimate of drug-likeness (QED) is 0.0171. The molecule has 15 heteroatoms. The van der Waals surface area contributed by atoms with Gasteiger partial charge in [-0.25, -0.2) is 0 Å². The molecule has 72 heavy (non-hydrogen) atoms. The fourth-order valence-corrected chi connectivity index (χ4v) is 8.89. The average molecular weight is 1030 g/mol. The molecule has 2 fully saturated rings. The Bertz CT molecular complexity index is 1390. The van der Waals surface area contributed by atoms with Crippen molar-refractivity contribution >= 4 is 11.9 Å². The second-order valence-corrected chi connectivity index (χ2v) is 20.1. The number of aliphatic hydroxyl groups is 7. The molecule has 2 heterocycles. The zero-order chi connectivity index (χ0) is 52.4. The monoisotopic (exact) mass is 1030 g/mol. The zero-order valence-electron chi connectivity index (χ0n) is 44.7. The minimum atomic E-state index is -1.77. The molecule has 7 N–H and O–H groups in total. The second-order valence-electron chi connectivity index (χ2n) is 20.1. The lowest BCUT2D eigenvalue weighted by molar-refractivity contribution is -0.332. The van der Waals surface area contributed by atoms with Crippen LogP contribution in [0.1, 0.15) is 219 Å². The molecule has 0 bridgehead atoms. The normalized spacial score (nSPS) is 25.2. The van der Waals surface area contributed by atoms with E-state index in [9.17, 15) is 45.3 Å². The molecule has 0 aliphatic carbocycles. The Hall–Kier alpha value is -2.28. The maximum absolute atomic E-state index is 13.1. The van der Waals surface area contributed by atoms with Crippen molar-refractivity contribution in [1.29, 1.82) is 0 Å². The van der Waals surface area contributed by atoms with Crippen LogP contribution in [0.4, 0.5) is 0 Å². The van der Waals surface area contributed by atoms with Crippen LogP contribution in [0.15, 0.2) is 36.5 Å². The highest BCUT2D eigenvalue weighted by atomic mass is 16.7. The summed E-state index contributed by atoms with van der Waals surface area (Å²) in [7, 11) is 0. The van der Waals surface area contributed by atoms with Gasteiger partial charge < -0.3 is 64.2 Å². The summed E-state index contributed by atoms with van der Waals surface area (Å²) in [5, 5.41) is 72.2. The number of allylic oxidation sites excluding steroid dienone is 6. The highest BCUT2D eigenvalue weighted by Gasteiger charge is 2.47. The summed E-state index contributed by atoms with van der Waals surface area (Å²) < 4.78 is 33.6. The van der Waals surface area contributed by atoms with Gasteiger partial charge in [-0.05, 0) is 70.6 Å². The van der Waals surface area contributed by atoms with Gasteiger partial charge in [0.15, 0.2) is 18.7 Å². The van der Waals surface area contributed by atoms with Gasteiger partial charge in [0.25, 0.3) is 0 Å². The van der Waals surface area contributed by atoms with E-state index in [-0.39, 0.29) is 19.4 Å². The van der Waals surface area contributed by atoms with Crippen LogP contribution in [0, 0.1) is 0 Å². The van der Waals surface area contributed by atoms with Crippen LogP contribution in [-0.4, -0.2) is 142 Å². The lowest BCUT2D eigenvalue weighted by atomic mass is 9.98. The van der Waals surface area contributed by atoms with Crippen LogP contribution in [-0.2, 0) is 38.0 Å². The number of hydrogen-bond donors (Lipinski definition) is 7. The summed E-state index contributed by atoms with van der Waals surface area (Å²) in [6, 6.07) is 0. The van der Waals surface area contributed by atoms with E-state index < -0.39 is 99.3 Å². The SMILES string of the molecule is CCCCCCCC/C=C/C/C=C/CCCCC(=O)OC[C@H](CO[C@H]1O[C@@H](CO[C@H]2O[C@@H](CO)[C@@H](O)C(O)C2O)[C@@H](O)C(O)C1O)OC(=O)CCCCCCCCCCCCC/C=C/CCCCCCCC. The Morgan fingerprint density at radius 2 is 0.833 bits per heavy atom. The first-order valence-corrected chi connectivity index (χ1v) is 28.6. The summed E-state index contributed by atoms with van der Waals surface area (Å²) in [5.41, 5.74) is 0. The highest BCUT2D eigenvalue weighted by Crippen LogP contribution is 2.27. The van der Waals surface area contributed by atoms with Crippen molar-refractivity contribution in [1.82, 2.24) is 0 Å². The molecular formula is C57H102O15. The van der Waals surface area contributed by atoms with Crippen molar-refractivity contribution in [2.45, 2.75) is 287 Å². The molecular weight excluding hydrogens is 925 g/mol. The van der Waals surface area contributed by atoms with E-state index in [0.717, 1.165) is 44.9 Å². The first-order valence-electron chi connectivity index (χ1n) is 28.6. The molecule has 0 saturated carbocycles. The third kappa shape index (κ3) is 30.9. The van der Waals surface area contributed by atoms with E-state index in [1.54, 1.807) is 0 Å². The number of aliphatic hydroxyl groups excluding tert-OH is 7. The van der Waals surface area contributed by atoms with E-state index in [4.69, 9.17) is 28.4 Å². The first kappa shape index (κ1) is 65.8. The van der Waals surface area contributed by atoms with Gasteiger partial charge in [-0.15, -0.1) is 0 Å². The number of unbranched alkanes of at least 4 members (excludes halogenated alkanes) is 25. The van der Waals surface area contributed by atoms with Gasteiger partial charge in [-0.2, -0.15) is 0 Å². The van der Waals surface area contributed by atoms with Crippen LogP contribution in [0.5, 0.6) is 0 Å². The van der Waals surface area contributed by atoms with Gasteiger partial charge in [-0.3, -0.25) is 9.59 Å². The Labute approximate surface area is 434 Å². The molecule has 0 amide bonds. The van der Waals surface area contributed by atoms with Crippen molar-refractivity contribution in [2.75, 3.05) is 26.4 Å². The summed E-state index contributed by atoms with van der Waals surface area (Å²) >= 11 is 0. The van der Waals surface area contributed by atoms with Crippen molar-refractivity contribution in [2.24, 2.45) is 0 Å². The summed E-state index contributed by atoms with van der Waals surface area (Å²) in [6.07, 6.45) is 31.7. The topological polar surface area (TPSA) is 231 Å². The maximum atomic E-state index is 13.1. The van der Waals surface area contributed by atoms with Crippen molar-refractivity contribution in [3.8, 4) is 0 Å². The Kier molecular flexibility index (Phi) is 40.1. The number of carbonyl (C=O) groups excluding carboxylic acids is 2. The Balaban J connectivity index is 1.77. The number of hydrogen-bond acceptors (Lipinski definition) is 15. The van der Waals surface area contributed by atoms with Gasteiger partial charge in [0.2, 0.25) is 0 Å². The minimum absolute atomic E-state index is 0.159. The van der Waals surface area contributed by atoms with E-state index in [1.807, 2.05) is 0 Å². The van der Waals surface area contributed by atoms with E-state index in [2.05, 4.69) is 50.3 Å². The van der Waals surface area contributed by atoms with E-state index >= 15 is 0 Å². The molecule has 2 aliphatic heterocycles. The molecule has 0 radical (unpaired) electrons. The van der Waals surface area contributed by atoms with Crippen molar-refractivity contribution < 1.29 is 73.8 Å². The zero-order valence-corrected chi connectivity index (χ0v) is 44.7. The maximum Gasteiger partial charge on any atom is 0.306 e. The van der Waals surface area contributed by atoms with Gasteiger partial charge in [-0.1, -0.05) is 172 Å². The predicted octanol–water partition coefficient (Wildman–Crippen LogP) is 9.27. The third-order valence-electron chi connectivity index (χ3n) is 13.6. The smallest absolute Gasteiger partial charge is 0.306 e. The van der Waals surface area contributed by atoms with Crippen LogP contribution >= 0.6 is 0 Å². The number of esters is 2. The number of carbonyl (C=O) groups is 2. The fourth-order valence-electron chi connectivity index (χ4n) is 8.89. The molecule has 4 unspecified atom stereocenters. The van der Waals surface area contributed by atoms with Gasteiger partial charge in [0, 0.05) is 12.8 Å². The molecule has 2 saturated heterocycles. The molecule has 0 spiro atoms. The number of rotatable bonds is 45. The van der Waals surface area contributed by atoms with Crippen LogP contribution < -0.4 is 0 Å².